The van der Waals surface area contributed by atoms with Crippen molar-refractivity contribution in [3.63, 3.8) is 0 Å². The number of nitrogens with zero attached hydrogens (tertiary/aromatic N) is 2. The number of hydrogen-bond donors (Lipinski definition) is 0. The minimum Gasteiger partial charge on any atom is -0.480 e. The molecule has 13 heavy (non-hydrogen) atoms. The van der Waals surface area contributed by atoms with Crippen LogP contribution in [0.5, 0.6) is 5.88 Å². The van der Waals surface area contributed by atoms with Crippen LogP contribution in [-0.2, 0) is 4.74 Å². The van der Waals surface area contributed by atoms with E-state index in [0.29, 0.717) is 0 Å². The van der Waals surface area contributed by atoms with E-state index in [1.807, 2.05) is 0 Å². The molecular formula is C7H7ClN2O3. The van der Waals surface area contributed by atoms with Crippen molar-refractivity contribution in [1.82, 2.24) is 9.97 Å². The molecule has 70 valence electrons. The third-order valence-corrected chi connectivity index (χ3v) is 1.56. The van der Waals surface area contributed by atoms with E-state index >= 15 is 0 Å². The molecule has 0 aliphatic rings. The molecule has 0 aromatic carbocycles. The first-order chi connectivity index (χ1) is 6.19. The van der Waals surface area contributed by atoms with Gasteiger partial charge in [0.2, 0.25) is 5.88 Å². The summed E-state index contributed by atoms with van der Waals surface area (Å²) in [5.41, 5.74) is -0.0232. The molecule has 0 atom stereocenters. The number of carbonyl (C=O) groups excluding carboxylic acids is 1. The molecule has 1 heterocycles. The Balaban J connectivity index is 3.05. The molecule has 0 bridgehead atoms. The second kappa shape index (κ2) is 4.04. The first kappa shape index (κ1) is 9.73. The van der Waals surface area contributed by atoms with Gasteiger partial charge in [-0.05, 0) is 0 Å². The van der Waals surface area contributed by atoms with Crippen molar-refractivity contribution in [2.45, 2.75) is 0 Å². The molecular weight excluding hydrogens is 196 g/mol. The third kappa shape index (κ3) is 2.06. The van der Waals surface area contributed by atoms with Crippen molar-refractivity contribution in [3.05, 3.63) is 17.0 Å². The number of aromatic nitrogens is 2. The molecule has 0 unspecified atom stereocenters. The van der Waals surface area contributed by atoms with Gasteiger partial charge in [0.15, 0.2) is 10.8 Å². The molecule has 0 saturated carbocycles. The smallest absolute Gasteiger partial charge is 0.359 e. The molecule has 6 heteroatoms. The molecule has 1 rings (SSSR count). The topological polar surface area (TPSA) is 61.3 Å². The van der Waals surface area contributed by atoms with Gasteiger partial charge in [0.05, 0.1) is 20.4 Å². The Labute approximate surface area is 79.7 Å². The molecule has 0 radical (unpaired) electrons. The van der Waals surface area contributed by atoms with Crippen molar-refractivity contribution in [2.75, 3.05) is 14.2 Å². The summed E-state index contributed by atoms with van der Waals surface area (Å²) in [5, 5.41) is -0.0359. The fraction of sp³-hybridized carbons (Fsp3) is 0.286. The number of hydrogen-bond acceptors (Lipinski definition) is 5. The lowest BCUT2D eigenvalue weighted by Gasteiger charge is -2.01. The summed E-state index contributed by atoms with van der Waals surface area (Å²) in [6.07, 6.45) is 1.29. The van der Waals surface area contributed by atoms with Crippen molar-refractivity contribution in [2.24, 2.45) is 0 Å². The second-order valence-electron chi connectivity index (χ2n) is 2.04. The van der Waals surface area contributed by atoms with Gasteiger partial charge in [0.1, 0.15) is 0 Å². The van der Waals surface area contributed by atoms with Gasteiger partial charge in [-0.1, -0.05) is 11.6 Å². The summed E-state index contributed by atoms with van der Waals surface area (Å²) in [4.78, 5) is 18.5. The molecule has 0 aliphatic heterocycles. The Morgan fingerprint density at radius 3 is 2.69 bits per heavy atom. The van der Waals surface area contributed by atoms with Crippen LogP contribution in [0.15, 0.2) is 6.20 Å². The van der Waals surface area contributed by atoms with Crippen LogP contribution in [0.4, 0.5) is 0 Å². The van der Waals surface area contributed by atoms with E-state index in [2.05, 4.69) is 14.7 Å². The molecule has 0 spiro atoms. The molecule has 0 N–H and O–H groups in total. The summed E-state index contributed by atoms with van der Waals surface area (Å²) in [7, 11) is 2.67. The first-order valence-electron chi connectivity index (χ1n) is 3.34. The van der Waals surface area contributed by atoms with Gasteiger partial charge < -0.3 is 9.47 Å². The average molecular weight is 203 g/mol. The van der Waals surface area contributed by atoms with Crippen LogP contribution in [0.25, 0.3) is 0 Å². The van der Waals surface area contributed by atoms with Crippen molar-refractivity contribution >= 4 is 17.6 Å². The maximum Gasteiger partial charge on any atom is 0.359 e. The van der Waals surface area contributed by atoms with E-state index in [-0.39, 0.29) is 16.7 Å². The van der Waals surface area contributed by atoms with E-state index in [0.717, 1.165) is 0 Å². The van der Waals surface area contributed by atoms with Gasteiger partial charge in [-0.3, -0.25) is 0 Å². The zero-order valence-corrected chi connectivity index (χ0v) is 7.83. The standard InChI is InChI=1S/C7H7ClN2O3/c1-12-4-3-9-5(6(8)10-4)7(11)13-2/h3H,1-2H3. The van der Waals surface area contributed by atoms with Gasteiger partial charge >= 0.3 is 5.97 Å². The maximum atomic E-state index is 11.0. The van der Waals surface area contributed by atoms with E-state index in [4.69, 9.17) is 16.3 Å². The zero-order valence-electron chi connectivity index (χ0n) is 7.07. The zero-order chi connectivity index (χ0) is 9.84. The number of halogens is 1. The molecule has 5 nitrogen and oxygen atoms in total. The Bertz CT molecular complexity index is 330. The number of rotatable bonds is 2. The Hall–Kier alpha value is -1.36. The van der Waals surface area contributed by atoms with Crippen LogP contribution in [0.1, 0.15) is 10.5 Å². The minimum absolute atomic E-state index is 0.0232. The number of esters is 1. The summed E-state index contributed by atoms with van der Waals surface area (Å²) >= 11 is 5.63. The van der Waals surface area contributed by atoms with E-state index in [1.165, 1.54) is 20.4 Å². The highest BCUT2D eigenvalue weighted by atomic mass is 35.5. The van der Waals surface area contributed by atoms with E-state index in [1.54, 1.807) is 0 Å². The lowest BCUT2D eigenvalue weighted by Crippen LogP contribution is -2.06. The minimum atomic E-state index is -0.625. The van der Waals surface area contributed by atoms with E-state index in [9.17, 15) is 4.79 Å². The highest BCUT2D eigenvalue weighted by Crippen LogP contribution is 2.14. The van der Waals surface area contributed by atoms with Crippen molar-refractivity contribution in [1.29, 1.82) is 0 Å². The number of carbonyl (C=O) groups is 1. The van der Waals surface area contributed by atoms with Gasteiger partial charge in [-0.15, -0.1) is 0 Å². The lowest BCUT2D eigenvalue weighted by molar-refractivity contribution is 0.0593. The Kier molecular flexibility index (Phi) is 3.02. The Morgan fingerprint density at radius 1 is 1.54 bits per heavy atom. The van der Waals surface area contributed by atoms with Crippen LogP contribution in [-0.4, -0.2) is 30.2 Å². The molecule has 1 aromatic rings. The summed E-state index contributed by atoms with van der Waals surface area (Å²) in [6.45, 7) is 0. The molecule has 0 amide bonds. The van der Waals surface area contributed by atoms with E-state index < -0.39 is 5.97 Å². The van der Waals surface area contributed by atoms with Gasteiger partial charge in [-0.25, -0.2) is 9.78 Å². The van der Waals surface area contributed by atoms with Crippen LogP contribution >= 0.6 is 11.6 Å². The molecule has 0 saturated heterocycles. The summed E-state index contributed by atoms with van der Waals surface area (Å²) in [5.74, 6) is -0.377. The average Bonchev–Trinajstić information content (AvgIpc) is 2.16. The second-order valence-corrected chi connectivity index (χ2v) is 2.40. The predicted octanol–water partition coefficient (Wildman–Crippen LogP) is 0.925. The predicted molar refractivity (Wildman–Crippen MR) is 44.9 cm³/mol. The molecule has 0 aliphatic carbocycles. The normalized spacial score (nSPS) is 9.46. The van der Waals surface area contributed by atoms with Crippen LogP contribution in [0, 0.1) is 0 Å². The molecule has 0 fully saturated rings. The first-order valence-corrected chi connectivity index (χ1v) is 3.71. The highest BCUT2D eigenvalue weighted by molar-refractivity contribution is 6.32. The van der Waals surface area contributed by atoms with Crippen LogP contribution in [0.3, 0.4) is 0 Å². The van der Waals surface area contributed by atoms with Gasteiger partial charge in [0.25, 0.3) is 0 Å². The van der Waals surface area contributed by atoms with Crippen LogP contribution < -0.4 is 4.74 Å². The monoisotopic (exact) mass is 202 g/mol. The lowest BCUT2D eigenvalue weighted by atomic mass is 10.4. The maximum absolute atomic E-state index is 11.0. The molecule has 1 aromatic heterocycles. The quantitative estimate of drug-likeness (QED) is 0.668. The van der Waals surface area contributed by atoms with Crippen LogP contribution in [0.2, 0.25) is 5.15 Å². The number of methoxy groups -OCH3 is 2. The fourth-order valence-corrected chi connectivity index (χ4v) is 0.893. The Morgan fingerprint density at radius 2 is 2.23 bits per heavy atom. The third-order valence-electron chi connectivity index (χ3n) is 1.30. The SMILES string of the molecule is COC(=O)c1ncc(OC)nc1Cl. The fourth-order valence-electron chi connectivity index (χ4n) is 0.684. The summed E-state index contributed by atoms with van der Waals surface area (Å²) in [6, 6.07) is 0. The van der Waals surface area contributed by atoms with Crippen molar-refractivity contribution in [3.8, 4) is 5.88 Å². The highest BCUT2D eigenvalue weighted by Gasteiger charge is 2.14. The van der Waals surface area contributed by atoms with Gasteiger partial charge in [-0.2, -0.15) is 4.98 Å². The van der Waals surface area contributed by atoms with Crippen molar-refractivity contribution < 1.29 is 14.3 Å². The largest absolute Gasteiger partial charge is 0.480 e. The summed E-state index contributed by atoms with van der Waals surface area (Å²) < 4.78 is 9.18. The number of ether oxygens (including phenoxy) is 2. The van der Waals surface area contributed by atoms with Gasteiger partial charge in [0, 0.05) is 0 Å².